The average Bonchev–Trinajstić information content (AvgIpc) is 2.33. The molecule has 0 aromatic rings. The fraction of sp³-hybridized carbons (Fsp3) is 1.00. The van der Waals surface area contributed by atoms with E-state index in [1.807, 2.05) is 13.8 Å². The van der Waals surface area contributed by atoms with Crippen LogP contribution in [0.15, 0.2) is 0 Å². The highest BCUT2D eigenvalue weighted by atomic mass is 16.8. The van der Waals surface area contributed by atoms with Crippen molar-refractivity contribution < 1.29 is 14.6 Å². The van der Waals surface area contributed by atoms with Gasteiger partial charge in [-0.3, -0.25) is 0 Å². The van der Waals surface area contributed by atoms with Gasteiger partial charge in [0.1, 0.15) is 5.60 Å². The predicted octanol–water partition coefficient (Wildman–Crippen LogP) is 1.30. The van der Waals surface area contributed by atoms with Gasteiger partial charge in [-0.1, -0.05) is 6.92 Å². The molecular formula is C9H18O3. The molecule has 0 amide bonds. The highest BCUT2D eigenvalue weighted by molar-refractivity contribution is 4.90. The molecule has 0 aromatic carbocycles. The minimum absolute atomic E-state index is 0.0769. The monoisotopic (exact) mass is 174 g/mol. The van der Waals surface area contributed by atoms with Crippen molar-refractivity contribution in [2.24, 2.45) is 0 Å². The van der Waals surface area contributed by atoms with Gasteiger partial charge in [-0.15, -0.1) is 0 Å². The van der Waals surface area contributed by atoms with E-state index in [1.54, 1.807) is 13.8 Å². The van der Waals surface area contributed by atoms with Gasteiger partial charge in [-0.25, -0.2) is 0 Å². The number of aliphatic hydroxyl groups is 1. The lowest BCUT2D eigenvalue weighted by Crippen LogP contribution is -2.50. The van der Waals surface area contributed by atoms with Crippen molar-refractivity contribution in [1.29, 1.82) is 0 Å². The quantitative estimate of drug-likeness (QED) is 0.685. The van der Waals surface area contributed by atoms with E-state index >= 15 is 0 Å². The van der Waals surface area contributed by atoms with Crippen LogP contribution in [0.1, 0.15) is 34.1 Å². The zero-order chi connectivity index (χ0) is 9.41. The predicted molar refractivity (Wildman–Crippen MR) is 45.8 cm³/mol. The molecule has 1 heterocycles. The summed E-state index contributed by atoms with van der Waals surface area (Å²) >= 11 is 0. The van der Waals surface area contributed by atoms with E-state index < -0.39 is 11.4 Å². The van der Waals surface area contributed by atoms with E-state index in [2.05, 4.69) is 0 Å². The Hall–Kier alpha value is -0.120. The van der Waals surface area contributed by atoms with E-state index in [0.717, 1.165) is 0 Å². The molecule has 0 radical (unpaired) electrons. The fourth-order valence-corrected chi connectivity index (χ4v) is 1.33. The lowest BCUT2D eigenvalue weighted by atomic mass is 9.94. The highest BCUT2D eigenvalue weighted by Gasteiger charge is 2.49. The van der Waals surface area contributed by atoms with Gasteiger partial charge >= 0.3 is 0 Å². The summed E-state index contributed by atoms with van der Waals surface area (Å²) in [5.41, 5.74) is -0.905. The van der Waals surface area contributed by atoms with E-state index in [0.29, 0.717) is 13.0 Å². The second-order valence-corrected chi connectivity index (χ2v) is 3.81. The maximum atomic E-state index is 9.95. The Labute approximate surface area is 73.7 Å². The van der Waals surface area contributed by atoms with Gasteiger partial charge in [-0.05, 0) is 27.2 Å². The molecule has 0 spiro atoms. The Balaban J connectivity index is 2.72. The van der Waals surface area contributed by atoms with Crippen molar-refractivity contribution in [2.75, 3.05) is 6.61 Å². The molecule has 1 aliphatic heterocycles. The number of ether oxygens (including phenoxy) is 2. The largest absolute Gasteiger partial charge is 0.385 e. The Morgan fingerprint density at radius 1 is 1.67 bits per heavy atom. The molecule has 12 heavy (non-hydrogen) atoms. The van der Waals surface area contributed by atoms with Gasteiger partial charge in [-0.2, -0.15) is 0 Å². The number of hydrogen-bond donors (Lipinski definition) is 1. The Morgan fingerprint density at radius 2 is 2.25 bits per heavy atom. The van der Waals surface area contributed by atoms with Crippen molar-refractivity contribution in [3.05, 3.63) is 0 Å². The summed E-state index contributed by atoms with van der Waals surface area (Å²) in [6, 6.07) is 0. The number of hydrogen-bond acceptors (Lipinski definition) is 3. The minimum Gasteiger partial charge on any atom is -0.385 e. The topological polar surface area (TPSA) is 38.7 Å². The summed E-state index contributed by atoms with van der Waals surface area (Å²) in [5.74, 6) is -0.832. The van der Waals surface area contributed by atoms with Crippen molar-refractivity contribution >= 4 is 0 Å². The summed E-state index contributed by atoms with van der Waals surface area (Å²) in [6.45, 7) is 7.95. The zero-order valence-electron chi connectivity index (χ0n) is 8.26. The molecule has 72 valence electrons. The first kappa shape index (κ1) is 9.96. The third-order valence-corrected chi connectivity index (χ3v) is 2.69. The summed E-state index contributed by atoms with van der Waals surface area (Å²) in [5, 5.41) is 9.95. The Bertz CT molecular complexity index is 167. The van der Waals surface area contributed by atoms with Gasteiger partial charge in [0.25, 0.3) is 0 Å². The van der Waals surface area contributed by atoms with E-state index in [-0.39, 0.29) is 6.10 Å². The van der Waals surface area contributed by atoms with Crippen LogP contribution in [-0.4, -0.2) is 29.2 Å². The zero-order valence-corrected chi connectivity index (χ0v) is 8.26. The molecule has 0 bridgehead atoms. The van der Waals surface area contributed by atoms with Crippen molar-refractivity contribution in [2.45, 2.75) is 51.6 Å². The molecule has 1 aliphatic rings. The summed E-state index contributed by atoms with van der Waals surface area (Å²) in [4.78, 5) is 0. The van der Waals surface area contributed by atoms with Crippen molar-refractivity contribution in [3.63, 3.8) is 0 Å². The molecule has 3 atom stereocenters. The van der Waals surface area contributed by atoms with Gasteiger partial charge in [0, 0.05) is 0 Å². The molecule has 0 aromatic heterocycles. The molecule has 3 heteroatoms. The third kappa shape index (κ3) is 1.49. The number of rotatable bonds is 2. The van der Waals surface area contributed by atoms with Gasteiger partial charge in [0.2, 0.25) is 0 Å². The first-order chi connectivity index (χ1) is 5.41. The first-order valence-electron chi connectivity index (χ1n) is 4.45. The Morgan fingerprint density at radius 3 is 2.58 bits per heavy atom. The molecule has 1 fully saturated rings. The van der Waals surface area contributed by atoms with Crippen LogP contribution in [0.3, 0.4) is 0 Å². The normalized spacial score (nSPS) is 41.2. The molecule has 3 unspecified atom stereocenters. The minimum atomic E-state index is -0.905. The molecule has 0 saturated carbocycles. The first-order valence-corrected chi connectivity index (χ1v) is 4.45. The van der Waals surface area contributed by atoms with Gasteiger partial charge < -0.3 is 14.6 Å². The molecule has 0 aliphatic carbocycles. The van der Waals surface area contributed by atoms with Crippen molar-refractivity contribution in [3.8, 4) is 0 Å². The summed E-state index contributed by atoms with van der Waals surface area (Å²) < 4.78 is 11.0. The fourth-order valence-electron chi connectivity index (χ4n) is 1.33. The highest BCUT2D eigenvalue weighted by Crippen LogP contribution is 2.35. The van der Waals surface area contributed by atoms with Crippen LogP contribution in [0.5, 0.6) is 0 Å². The average molecular weight is 174 g/mol. The summed E-state index contributed by atoms with van der Waals surface area (Å²) in [7, 11) is 0. The lowest BCUT2D eigenvalue weighted by Gasteiger charge is -2.37. The van der Waals surface area contributed by atoms with Crippen LogP contribution in [0.25, 0.3) is 0 Å². The summed E-state index contributed by atoms with van der Waals surface area (Å²) in [6.07, 6.45) is 0.698. The third-order valence-electron chi connectivity index (χ3n) is 2.69. The van der Waals surface area contributed by atoms with E-state index in [1.165, 1.54) is 0 Å². The smallest absolute Gasteiger partial charge is 0.194 e. The lowest BCUT2D eigenvalue weighted by molar-refractivity contribution is -0.258. The van der Waals surface area contributed by atoms with Crippen LogP contribution < -0.4 is 0 Å². The molecule has 3 nitrogen and oxygen atoms in total. The van der Waals surface area contributed by atoms with E-state index in [9.17, 15) is 5.11 Å². The van der Waals surface area contributed by atoms with E-state index in [4.69, 9.17) is 9.47 Å². The molecular weight excluding hydrogens is 156 g/mol. The molecule has 1 saturated heterocycles. The maximum absolute atomic E-state index is 9.95. The van der Waals surface area contributed by atoms with Crippen LogP contribution in [0, 0.1) is 0 Å². The second-order valence-electron chi connectivity index (χ2n) is 3.81. The Kier molecular flexibility index (Phi) is 2.47. The van der Waals surface area contributed by atoms with Crippen LogP contribution in [-0.2, 0) is 9.47 Å². The SMILES string of the molecule is CCC(C)(O)C1(C)OCC(C)O1. The van der Waals surface area contributed by atoms with Crippen LogP contribution in [0.4, 0.5) is 0 Å². The van der Waals surface area contributed by atoms with Gasteiger partial charge in [0.05, 0.1) is 12.7 Å². The van der Waals surface area contributed by atoms with Crippen molar-refractivity contribution in [1.82, 2.24) is 0 Å². The second kappa shape index (κ2) is 2.98. The van der Waals surface area contributed by atoms with Crippen LogP contribution >= 0.6 is 0 Å². The molecule has 1 N–H and O–H groups in total. The van der Waals surface area contributed by atoms with Gasteiger partial charge in [0.15, 0.2) is 5.79 Å². The van der Waals surface area contributed by atoms with Crippen LogP contribution in [0.2, 0.25) is 0 Å². The standard InChI is InChI=1S/C9H18O3/c1-5-8(3,10)9(4)11-6-7(2)12-9/h7,10H,5-6H2,1-4H3. The molecule has 1 rings (SSSR count). The maximum Gasteiger partial charge on any atom is 0.194 e.